The minimum absolute atomic E-state index is 0.626. The Labute approximate surface area is 92.5 Å². The molecule has 2 rings (SSSR count). The molecule has 0 amide bonds. The summed E-state index contributed by atoms with van der Waals surface area (Å²) in [4.78, 5) is 8.50. The Morgan fingerprint density at radius 1 is 1.57 bits per heavy atom. The van der Waals surface area contributed by atoms with Crippen LogP contribution in [0.1, 0.15) is 25.6 Å². The van der Waals surface area contributed by atoms with Gasteiger partial charge in [-0.15, -0.1) is 0 Å². The first-order chi connectivity index (χ1) is 6.69. The number of hydrogen-bond acceptors (Lipinski definition) is 3. The number of nitrogens with one attached hydrogen (secondary N) is 1. The Kier molecular flexibility index (Phi) is 2.72. The van der Waals surface area contributed by atoms with Crippen molar-refractivity contribution < 1.29 is 0 Å². The van der Waals surface area contributed by atoms with Gasteiger partial charge in [0.1, 0.15) is 16.2 Å². The molecule has 3 nitrogen and oxygen atoms in total. The molecular formula is C10H14BrN3. The zero-order chi connectivity index (χ0) is 10.1. The molecule has 76 valence electrons. The molecule has 0 aromatic carbocycles. The molecule has 0 saturated heterocycles. The highest BCUT2D eigenvalue weighted by atomic mass is 79.9. The van der Waals surface area contributed by atoms with Crippen LogP contribution in [0.3, 0.4) is 0 Å². The molecule has 0 bridgehead atoms. The summed E-state index contributed by atoms with van der Waals surface area (Å²) in [5.41, 5.74) is 0. The van der Waals surface area contributed by atoms with Gasteiger partial charge in [0.05, 0.1) is 0 Å². The molecule has 1 fully saturated rings. The summed E-state index contributed by atoms with van der Waals surface area (Å²) in [6, 6.07) is 2.55. The number of hydrogen-bond donors (Lipinski definition) is 1. The molecule has 1 saturated carbocycles. The third-order valence-electron chi connectivity index (χ3n) is 2.59. The van der Waals surface area contributed by atoms with Crippen LogP contribution in [0.15, 0.2) is 10.7 Å². The lowest BCUT2D eigenvalue weighted by Gasteiger charge is -2.05. The second kappa shape index (κ2) is 3.85. The zero-order valence-corrected chi connectivity index (χ0v) is 10.0. The molecule has 1 heterocycles. The summed E-state index contributed by atoms with van der Waals surface area (Å²) in [6.07, 6.45) is 2.53. The van der Waals surface area contributed by atoms with Crippen LogP contribution in [0.25, 0.3) is 0 Å². The highest BCUT2D eigenvalue weighted by Gasteiger charge is 2.35. The first kappa shape index (κ1) is 9.90. The van der Waals surface area contributed by atoms with Crippen LogP contribution >= 0.6 is 15.9 Å². The van der Waals surface area contributed by atoms with Gasteiger partial charge in [-0.05, 0) is 35.2 Å². The molecule has 2 atom stereocenters. The van der Waals surface area contributed by atoms with E-state index in [4.69, 9.17) is 0 Å². The van der Waals surface area contributed by atoms with Crippen molar-refractivity contribution in [1.29, 1.82) is 0 Å². The molecule has 1 aromatic rings. The lowest BCUT2D eigenvalue weighted by Crippen LogP contribution is -2.07. The second-order valence-electron chi connectivity index (χ2n) is 3.78. The van der Waals surface area contributed by atoms with Gasteiger partial charge in [-0.3, -0.25) is 0 Å². The average Bonchev–Trinajstić information content (AvgIpc) is 2.81. The van der Waals surface area contributed by atoms with E-state index in [1.807, 2.05) is 13.0 Å². The minimum Gasteiger partial charge on any atom is -0.367 e. The van der Waals surface area contributed by atoms with Crippen LogP contribution in [-0.2, 0) is 0 Å². The van der Waals surface area contributed by atoms with E-state index in [-0.39, 0.29) is 0 Å². The topological polar surface area (TPSA) is 37.8 Å². The number of aromatic nitrogens is 2. The number of aryl methyl sites for hydroxylation is 1. The van der Waals surface area contributed by atoms with Crippen LogP contribution in [-0.4, -0.2) is 16.0 Å². The SMILES string of the molecule is CCC1CC1Nc1cc(Br)nc(C)n1. The van der Waals surface area contributed by atoms with Gasteiger partial charge in [-0.2, -0.15) is 0 Å². The third-order valence-corrected chi connectivity index (χ3v) is 2.99. The van der Waals surface area contributed by atoms with E-state index in [1.54, 1.807) is 0 Å². The van der Waals surface area contributed by atoms with Crippen LogP contribution in [0, 0.1) is 12.8 Å². The van der Waals surface area contributed by atoms with Gasteiger partial charge in [0.15, 0.2) is 0 Å². The first-order valence-electron chi connectivity index (χ1n) is 4.96. The summed E-state index contributed by atoms with van der Waals surface area (Å²) in [7, 11) is 0. The monoisotopic (exact) mass is 255 g/mol. The highest BCUT2D eigenvalue weighted by molar-refractivity contribution is 9.10. The maximum absolute atomic E-state index is 4.33. The maximum Gasteiger partial charge on any atom is 0.131 e. The molecule has 1 N–H and O–H groups in total. The molecular weight excluding hydrogens is 242 g/mol. The van der Waals surface area contributed by atoms with Crippen molar-refractivity contribution in [2.24, 2.45) is 5.92 Å². The molecule has 4 heteroatoms. The quantitative estimate of drug-likeness (QED) is 0.845. The first-order valence-corrected chi connectivity index (χ1v) is 5.76. The lowest BCUT2D eigenvalue weighted by molar-refractivity contribution is 0.772. The van der Waals surface area contributed by atoms with Gasteiger partial charge < -0.3 is 5.32 Å². The van der Waals surface area contributed by atoms with Gasteiger partial charge in [-0.1, -0.05) is 13.3 Å². The summed E-state index contributed by atoms with van der Waals surface area (Å²) < 4.78 is 0.848. The van der Waals surface area contributed by atoms with Crippen molar-refractivity contribution in [2.75, 3.05) is 5.32 Å². The van der Waals surface area contributed by atoms with Crippen molar-refractivity contribution in [1.82, 2.24) is 9.97 Å². The van der Waals surface area contributed by atoms with E-state index in [0.29, 0.717) is 6.04 Å². The van der Waals surface area contributed by atoms with Crippen molar-refractivity contribution in [3.63, 3.8) is 0 Å². The van der Waals surface area contributed by atoms with E-state index in [1.165, 1.54) is 12.8 Å². The zero-order valence-electron chi connectivity index (χ0n) is 8.42. The van der Waals surface area contributed by atoms with Crippen molar-refractivity contribution in [3.8, 4) is 0 Å². The molecule has 0 spiro atoms. The van der Waals surface area contributed by atoms with Crippen molar-refractivity contribution in [2.45, 2.75) is 32.7 Å². The smallest absolute Gasteiger partial charge is 0.131 e. The van der Waals surface area contributed by atoms with Crippen LogP contribution < -0.4 is 5.32 Å². The van der Waals surface area contributed by atoms with Gasteiger partial charge in [0.2, 0.25) is 0 Å². The van der Waals surface area contributed by atoms with Crippen LogP contribution in [0.5, 0.6) is 0 Å². The number of halogens is 1. The van der Waals surface area contributed by atoms with Crippen LogP contribution in [0.2, 0.25) is 0 Å². The molecule has 1 aliphatic carbocycles. The van der Waals surface area contributed by atoms with E-state index >= 15 is 0 Å². The van der Waals surface area contributed by atoms with E-state index < -0.39 is 0 Å². The van der Waals surface area contributed by atoms with E-state index in [9.17, 15) is 0 Å². The molecule has 1 aromatic heterocycles. The Balaban J connectivity index is 2.03. The normalized spacial score (nSPS) is 24.8. The fraction of sp³-hybridized carbons (Fsp3) is 0.600. The fourth-order valence-corrected chi connectivity index (χ4v) is 2.14. The number of anilines is 1. The summed E-state index contributed by atoms with van der Waals surface area (Å²) in [5, 5.41) is 3.42. The van der Waals surface area contributed by atoms with Crippen molar-refractivity contribution in [3.05, 3.63) is 16.5 Å². The van der Waals surface area contributed by atoms with Gasteiger partial charge >= 0.3 is 0 Å². The Morgan fingerprint density at radius 2 is 2.36 bits per heavy atom. The molecule has 1 aliphatic rings. The standard InChI is InChI=1S/C10H14BrN3/c1-3-7-4-8(7)14-10-5-9(11)12-6(2)13-10/h5,7-8H,3-4H2,1-2H3,(H,12,13,14). The fourth-order valence-electron chi connectivity index (χ4n) is 1.67. The number of rotatable bonds is 3. The van der Waals surface area contributed by atoms with Gasteiger partial charge in [0, 0.05) is 12.1 Å². The maximum atomic E-state index is 4.33. The molecule has 0 radical (unpaired) electrons. The Bertz CT molecular complexity index is 320. The third kappa shape index (κ3) is 2.23. The minimum atomic E-state index is 0.626. The Hall–Kier alpha value is -0.640. The molecule has 14 heavy (non-hydrogen) atoms. The largest absolute Gasteiger partial charge is 0.367 e. The van der Waals surface area contributed by atoms with E-state index in [0.717, 1.165) is 22.2 Å². The summed E-state index contributed by atoms with van der Waals surface area (Å²) >= 11 is 3.36. The lowest BCUT2D eigenvalue weighted by atomic mass is 10.3. The average molecular weight is 256 g/mol. The van der Waals surface area contributed by atoms with Gasteiger partial charge in [-0.25, -0.2) is 9.97 Å². The van der Waals surface area contributed by atoms with Gasteiger partial charge in [0.25, 0.3) is 0 Å². The van der Waals surface area contributed by atoms with Crippen LogP contribution in [0.4, 0.5) is 5.82 Å². The Morgan fingerprint density at radius 3 is 2.93 bits per heavy atom. The van der Waals surface area contributed by atoms with Crippen molar-refractivity contribution >= 4 is 21.7 Å². The predicted octanol–water partition coefficient (Wildman–Crippen LogP) is 2.76. The molecule has 0 aliphatic heterocycles. The summed E-state index contributed by atoms with van der Waals surface area (Å²) in [6.45, 7) is 4.13. The second-order valence-corrected chi connectivity index (χ2v) is 4.59. The highest BCUT2D eigenvalue weighted by Crippen LogP contribution is 2.35. The van der Waals surface area contributed by atoms with E-state index in [2.05, 4.69) is 38.1 Å². The number of nitrogens with zero attached hydrogens (tertiary/aromatic N) is 2. The summed E-state index contributed by atoms with van der Waals surface area (Å²) in [5.74, 6) is 2.57. The molecule has 2 unspecified atom stereocenters. The predicted molar refractivity (Wildman–Crippen MR) is 60.3 cm³/mol.